The van der Waals surface area contributed by atoms with E-state index in [9.17, 15) is 24.3 Å². The van der Waals surface area contributed by atoms with Crippen LogP contribution in [0.2, 0.25) is 0 Å². The number of carbonyl (C=O) groups excluding carboxylic acids is 3. The molecule has 1 aromatic carbocycles. The van der Waals surface area contributed by atoms with Crippen molar-refractivity contribution in [3.05, 3.63) is 36.0 Å². The number of carboxylic acid groups (broad SMARTS) is 1. The number of carboxylic acids is 1. The molecule has 0 fully saturated rings. The Bertz CT molecular complexity index is 1030. The first kappa shape index (κ1) is 27.8. The van der Waals surface area contributed by atoms with Crippen molar-refractivity contribution >= 4 is 34.6 Å². The smallest absolute Gasteiger partial charge is 0.326 e. The van der Waals surface area contributed by atoms with E-state index < -0.39 is 41.8 Å². The molecule has 0 saturated heterocycles. The summed E-state index contributed by atoms with van der Waals surface area (Å²) >= 11 is 0. The molecule has 4 unspecified atom stereocenters. The molecular weight excluding hydrogens is 450 g/mol. The normalized spacial score (nSPS) is 14.7. The van der Waals surface area contributed by atoms with Crippen LogP contribution in [0.5, 0.6) is 0 Å². The van der Waals surface area contributed by atoms with Gasteiger partial charge in [-0.15, -0.1) is 0 Å². The molecule has 3 amide bonds. The van der Waals surface area contributed by atoms with Crippen LogP contribution < -0.4 is 21.7 Å². The van der Waals surface area contributed by atoms with E-state index in [1.165, 1.54) is 0 Å². The number of nitrogens with one attached hydrogen (secondary N) is 4. The van der Waals surface area contributed by atoms with Crippen LogP contribution in [0, 0.1) is 11.8 Å². The summed E-state index contributed by atoms with van der Waals surface area (Å²) in [6.07, 6.45) is 2.73. The molecule has 35 heavy (non-hydrogen) atoms. The molecule has 0 radical (unpaired) electrons. The molecule has 2 rings (SSSR count). The Hall–Kier alpha value is -3.40. The van der Waals surface area contributed by atoms with Crippen LogP contribution >= 0.6 is 0 Å². The molecule has 7 N–H and O–H groups in total. The highest BCUT2D eigenvalue weighted by Crippen LogP contribution is 2.19. The van der Waals surface area contributed by atoms with Crippen molar-refractivity contribution in [2.75, 3.05) is 6.54 Å². The van der Waals surface area contributed by atoms with Gasteiger partial charge in [-0.2, -0.15) is 0 Å². The number of hydrogen-bond acceptors (Lipinski definition) is 5. The highest BCUT2D eigenvalue weighted by atomic mass is 16.4. The molecule has 0 spiro atoms. The van der Waals surface area contributed by atoms with Gasteiger partial charge in [0, 0.05) is 23.5 Å². The highest BCUT2D eigenvalue weighted by molar-refractivity contribution is 5.94. The Kier molecular flexibility index (Phi) is 10.3. The van der Waals surface area contributed by atoms with Crippen molar-refractivity contribution in [2.24, 2.45) is 17.6 Å². The third-order valence-corrected chi connectivity index (χ3v) is 6.05. The summed E-state index contributed by atoms with van der Waals surface area (Å²) in [6, 6.07) is 4.50. The zero-order valence-corrected chi connectivity index (χ0v) is 20.8. The monoisotopic (exact) mass is 487 g/mol. The van der Waals surface area contributed by atoms with Gasteiger partial charge in [0.15, 0.2) is 0 Å². The summed E-state index contributed by atoms with van der Waals surface area (Å²) in [6.45, 7) is 7.25. The molecule has 4 atom stereocenters. The number of nitrogens with two attached hydrogens (primary N) is 1. The third-order valence-electron chi connectivity index (χ3n) is 6.05. The molecule has 0 aliphatic rings. The Morgan fingerprint density at radius 1 is 1.00 bits per heavy atom. The average Bonchev–Trinajstić information content (AvgIpc) is 3.23. The number of amides is 3. The van der Waals surface area contributed by atoms with Crippen molar-refractivity contribution in [3.63, 3.8) is 0 Å². The first-order valence-corrected chi connectivity index (χ1v) is 11.9. The lowest BCUT2D eigenvalue weighted by molar-refractivity contribution is -0.142. The Labute approximate surface area is 205 Å². The maximum Gasteiger partial charge on any atom is 0.326 e. The number of fused-ring (bicyclic) bond motifs is 1. The summed E-state index contributed by atoms with van der Waals surface area (Å²) in [5.41, 5.74) is 7.02. The minimum Gasteiger partial charge on any atom is -0.480 e. The maximum absolute atomic E-state index is 13.2. The van der Waals surface area contributed by atoms with Gasteiger partial charge in [-0.05, 0) is 29.9 Å². The van der Waals surface area contributed by atoms with Crippen molar-refractivity contribution in [3.8, 4) is 0 Å². The van der Waals surface area contributed by atoms with Crippen molar-refractivity contribution in [2.45, 2.75) is 65.1 Å². The van der Waals surface area contributed by atoms with E-state index in [1.807, 2.05) is 52.0 Å². The molecule has 1 aromatic heterocycles. The lowest BCUT2D eigenvalue weighted by atomic mass is 9.96. The fourth-order valence-corrected chi connectivity index (χ4v) is 3.89. The predicted octanol–water partition coefficient (Wildman–Crippen LogP) is 1.30. The Morgan fingerprint density at radius 3 is 2.26 bits per heavy atom. The van der Waals surface area contributed by atoms with Crippen LogP contribution in [0.4, 0.5) is 0 Å². The SMILES string of the molecule is CCC(C)C(NC(=O)CN)C(=O)NC(CC(C)C)C(=O)NC(Cc1c[nH]c2ccccc12)C(=O)O. The van der Waals surface area contributed by atoms with E-state index in [0.29, 0.717) is 12.8 Å². The molecule has 192 valence electrons. The van der Waals surface area contributed by atoms with E-state index in [0.717, 1.165) is 16.5 Å². The zero-order chi connectivity index (χ0) is 26.1. The van der Waals surface area contributed by atoms with Gasteiger partial charge in [0.25, 0.3) is 0 Å². The number of H-pyrrole nitrogens is 1. The molecule has 2 aromatic rings. The predicted molar refractivity (Wildman–Crippen MR) is 133 cm³/mol. The standard InChI is InChI=1S/C25H37N5O5/c1-5-15(4)22(30-21(31)12-26)24(33)28-19(10-14(2)3)23(32)29-20(25(34)35)11-16-13-27-18-9-7-6-8-17(16)18/h6-9,13-15,19-20,22,27H,5,10-12,26H2,1-4H3,(H,28,33)(H,29,32)(H,30,31)(H,34,35). The second kappa shape index (κ2) is 12.9. The van der Waals surface area contributed by atoms with Crippen LogP contribution in [0.15, 0.2) is 30.5 Å². The fourth-order valence-electron chi connectivity index (χ4n) is 3.89. The van der Waals surface area contributed by atoms with Gasteiger partial charge in [-0.3, -0.25) is 14.4 Å². The second-order valence-electron chi connectivity index (χ2n) is 9.29. The van der Waals surface area contributed by atoms with E-state index in [2.05, 4.69) is 20.9 Å². The van der Waals surface area contributed by atoms with Gasteiger partial charge >= 0.3 is 5.97 Å². The number of benzene rings is 1. The van der Waals surface area contributed by atoms with Crippen molar-refractivity contribution < 1.29 is 24.3 Å². The lowest BCUT2D eigenvalue weighted by Gasteiger charge is -2.27. The second-order valence-corrected chi connectivity index (χ2v) is 9.29. The van der Waals surface area contributed by atoms with Crippen LogP contribution in [-0.4, -0.2) is 58.5 Å². The minimum atomic E-state index is -1.18. The lowest BCUT2D eigenvalue weighted by Crippen LogP contribution is -2.58. The van der Waals surface area contributed by atoms with Gasteiger partial charge < -0.3 is 31.8 Å². The first-order valence-electron chi connectivity index (χ1n) is 11.9. The van der Waals surface area contributed by atoms with Gasteiger partial charge in [-0.25, -0.2) is 4.79 Å². The maximum atomic E-state index is 13.2. The van der Waals surface area contributed by atoms with Crippen molar-refractivity contribution in [1.29, 1.82) is 0 Å². The zero-order valence-electron chi connectivity index (χ0n) is 20.8. The number of aliphatic carboxylic acids is 1. The number of aromatic nitrogens is 1. The third kappa shape index (κ3) is 7.81. The number of aromatic amines is 1. The fraction of sp³-hybridized carbons (Fsp3) is 0.520. The topological polar surface area (TPSA) is 166 Å². The Morgan fingerprint density at radius 2 is 1.66 bits per heavy atom. The number of carbonyl (C=O) groups is 4. The van der Waals surface area contributed by atoms with Crippen LogP contribution in [-0.2, 0) is 25.6 Å². The molecular formula is C25H37N5O5. The first-order chi connectivity index (χ1) is 16.6. The van der Waals surface area contributed by atoms with E-state index in [-0.39, 0.29) is 24.8 Å². The summed E-state index contributed by atoms with van der Waals surface area (Å²) in [4.78, 5) is 53.1. The molecule has 0 aliphatic carbocycles. The van der Waals surface area contributed by atoms with Gasteiger partial charge in [0.2, 0.25) is 17.7 Å². The minimum absolute atomic E-state index is 0.0450. The van der Waals surface area contributed by atoms with Crippen LogP contribution in [0.1, 0.15) is 46.1 Å². The van der Waals surface area contributed by atoms with Gasteiger partial charge in [-0.1, -0.05) is 52.3 Å². The number of hydrogen-bond donors (Lipinski definition) is 6. The van der Waals surface area contributed by atoms with Crippen molar-refractivity contribution in [1.82, 2.24) is 20.9 Å². The molecule has 1 heterocycles. The number of para-hydroxylation sites is 1. The van der Waals surface area contributed by atoms with E-state index in [4.69, 9.17) is 5.73 Å². The van der Waals surface area contributed by atoms with E-state index in [1.54, 1.807) is 6.20 Å². The van der Waals surface area contributed by atoms with Gasteiger partial charge in [0.1, 0.15) is 18.1 Å². The van der Waals surface area contributed by atoms with E-state index >= 15 is 0 Å². The Balaban J connectivity index is 2.19. The molecule has 0 bridgehead atoms. The summed E-state index contributed by atoms with van der Waals surface area (Å²) < 4.78 is 0. The van der Waals surface area contributed by atoms with Gasteiger partial charge in [0.05, 0.1) is 6.54 Å². The summed E-state index contributed by atoms with van der Waals surface area (Å²) in [5, 5.41) is 18.6. The molecule has 10 nitrogen and oxygen atoms in total. The molecule has 10 heteroatoms. The van der Waals surface area contributed by atoms with Crippen LogP contribution in [0.3, 0.4) is 0 Å². The summed E-state index contributed by atoms with van der Waals surface area (Å²) in [7, 11) is 0. The van der Waals surface area contributed by atoms with Crippen LogP contribution in [0.25, 0.3) is 10.9 Å². The molecule has 0 aliphatic heterocycles. The number of rotatable bonds is 13. The largest absolute Gasteiger partial charge is 0.480 e. The average molecular weight is 488 g/mol. The summed E-state index contributed by atoms with van der Waals surface area (Å²) in [5.74, 6) is -2.89. The molecule has 0 saturated carbocycles. The highest BCUT2D eigenvalue weighted by Gasteiger charge is 2.32. The quantitative estimate of drug-likeness (QED) is 0.249.